The lowest BCUT2D eigenvalue weighted by molar-refractivity contribution is -0.120. The monoisotopic (exact) mass is 345 g/mol. The van der Waals surface area contributed by atoms with Crippen LogP contribution in [0.15, 0.2) is 23.1 Å². The molecule has 0 spiro atoms. The van der Waals surface area contributed by atoms with E-state index in [1.165, 1.54) is 6.92 Å². The van der Waals surface area contributed by atoms with Gasteiger partial charge in [-0.15, -0.1) is 0 Å². The fraction of sp³-hybridized carbons (Fsp3) is 0.429. The lowest BCUT2D eigenvalue weighted by Gasteiger charge is -2.26. The fourth-order valence-electron chi connectivity index (χ4n) is 2.00. The molecule has 1 aliphatic heterocycles. The summed E-state index contributed by atoms with van der Waals surface area (Å²) >= 11 is 0. The Labute approximate surface area is 133 Å². The Bertz CT molecular complexity index is 712. The highest BCUT2D eigenvalue weighted by molar-refractivity contribution is 7.89. The molecule has 1 heterocycles. The van der Waals surface area contributed by atoms with E-state index < -0.39 is 33.3 Å². The molecule has 0 unspecified atom stereocenters. The number of ether oxygens (including phenoxy) is 2. The Morgan fingerprint density at radius 2 is 1.96 bits per heavy atom. The Kier molecular flexibility index (Phi) is 5.45. The highest BCUT2D eigenvalue weighted by Gasteiger charge is 2.30. The van der Waals surface area contributed by atoms with Gasteiger partial charge in [-0.25, -0.2) is 17.6 Å². The van der Waals surface area contributed by atoms with E-state index in [4.69, 9.17) is 9.47 Å². The number of esters is 1. The number of halogens is 1. The zero-order valence-corrected chi connectivity index (χ0v) is 13.3. The molecule has 0 saturated carbocycles. The van der Waals surface area contributed by atoms with Crippen molar-refractivity contribution < 1.29 is 31.9 Å². The van der Waals surface area contributed by atoms with Crippen molar-refractivity contribution >= 4 is 21.8 Å². The number of carbonyl (C=O) groups is 2. The molecule has 1 aromatic rings. The minimum Gasteiger partial charge on any atom is -0.454 e. The molecule has 0 bridgehead atoms. The lowest BCUT2D eigenvalue weighted by atomic mass is 10.2. The van der Waals surface area contributed by atoms with E-state index in [1.807, 2.05) is 0 Å². The Balaban J connectivity index is 2.29. The topological polar surface area (TPSA) is 90.0 Å². The summed E-state index contributed by atoms with van der Waals surface area (Å²) in [7, 11) is -4.08. The van der Waals surface area contributed by atoms with E-state index in [0.717, 1.165) is 22.5 Å². The number of rotatable bonds is 5. The van der Waals surface area contributed by atoms with Gasteiger partial charge in [-0.05, 0) is 25.1 Å². The largest absolute Gasteiger partial charge is 0.454 e. The van der Waals surface area contributed by atoms with Crippen LogP contribution in [-0.4, -0.2) is 57.4 Å². The minimum atomic E-state index is -4.08. The van der Waals surface area contributed by atoms with Crippen LogP contribution >= 0.6 is 0 Å². The summed E-state index contributed by atoms with van der Waals surface area (Å²) in [5, 5.41) is 0. The average molecular weight is 345 g/mol. The predicted octanol–water partition coefficient (Wildman–Crippen LogP) is 0.592. The summed E-state index contributed by atoms with van der Waals surface area (Å²) in [6.07, 6.45) is 0. The molecule has 1 saturated heterocycles. The summed E-state index contributed by atoms with van der Waals surface area (Å²) in [6.45, 7) is 1.48. The number of Topliss-reactive ketones (excluding diaryl/α,β-unsaturated/α-hetero) is 1. The van der Waals surface area contributed by atoms with E-state index in [2.05, 4.69) is 0 Å². The number of hydrogen-bond donors (Lipinski definition) is 0. The second-order valence-electron chi connectivity index (χ2n) is 4.94. The summed E-state index contributed by atoms with van der Waals surface area (Å²) in [5.41, 5.74) is -0.139. The molecular formula is C14H16FNO6S. The van der Waals surface area contributed by atoms with Crippen molar-refractivity contribution in [3.05, 3.63) is 29.6 Å². The molecule has 0 aromatic heterocycles. The summed E-state index contributed by atoms with van der Waals surface area (Å²) < 4.78 is 49.8. The molecule has 9 heteroatoms. The standard InChI is InChI=1S/C14H16FNO6S/c1-10(17)9-22-14(18)11-2-3-12(15)13(8-11)23(19,20)16-4-6-21-7-5-16/h2-3,8H,4-7,9H2,1H3. The number of nitrogens with zero attached hydrogens (tertiary/aromatic N) is 1. The summed E-state index contributed by atoms with van der Waals surface area (Å²) in [6, 6.07) is 2.91. The minimum absolute atomic E-state index is 0.112. The zero-order valence-electron chi connectivity index (χ0n) is 12.5. The van der Waals surface area contributed by atoms with Gasteiger partial charge in [0.15, 0.2) is 5.78 Å². The molecule has 23 heavy (non-hydrogen) atoms. The van der Waals surface area contributed by atoms with Crippen LogP contribution in [0.25, 0.3) is 0 Å². The second kappa shape index (κ2) is 7.16. The molecule has 0 N–H and O–H groups in total. The van der Waals surface area contributed by atoms with Crippen molar-refractivity contribution in [1.82, 2.24) is 4.31 Å². The zero-order chi connectivity index (χ0) is 17.0. The normalized spacial score (nSPS) is 16.1. The Hall–Kier alpha value is -1.84. The van der Waals surface area contributed by atoms with Crippen molar-refractivity contribution in [3.8, 4) is 0 Å². The SMILES string of the molecule is CC(=O)COC(=O)c1ccc(F)c(S(=O)(=O)N2CCOCC2)c1. The number of hydrogen-bond acceptors (Lipinski definition) is 6. The third-order valence-corrected chi connectivity index (χ3v) is 5.07. The fourth-order valence-corrected chi connectivity index (χ4v) is 3.50. The smallest absolute Gasteiger partial charge is 0.338 e. The van der Waals surface area contributed by atoms with Crippen LogP contribution in [0.3, 0.4) is 0 Å². The number of ketones is 1. The molecule has 1 fully saturated rings. The molecule has 0 amide bonds. The van der Waals surface area contributed by atoms with Crippen LogP contribution in [0.2, 0.25) is 0 Å². The van der Waals surface area contributed by atoms with Crippen molar-refractivity contribution in [2.24, 2.45) is 0 Å². The van der Waals surface area contributed by atoms with Crippen molar-refractivity contribution in [3.63, 3.8) is 0 Å². The van der Waals surface area contributed by atoms with Crippen LogP contribution in [-0.2, 0) is 24.3 Å². The van der Waals surface area contributed by atoms with E-state index in [1.54, 1.807) is 0 Å². The van der Waals surface area contributed by atoms with Crippen molar-refractivity contribution in [2.45, 2.75) is 11.8 Å². The first kappa shape index (κ1) is 17.5. The maximum atomic E-state index is 14.0. The van der Waals surface area contributed by atoms with Gasteiger partial charge in [-0.2, -0.15) is 4.31 Å². The molecule has 2 rings (SSSR count). The highest BCUT2D eigenvalue weighted by atomic mass is 32.2. The van der Waals surface area contributed by atoms with Gasteiger partial charge in [-0.1, -0.05) is 0 Å². The maximum absolute atomic E-state index is 14.0. The van der Waals surface area contributed by atoms with E-state index in [-0.39, 0.29) is 37.6 Å². The van der Waals surface area contributed by atoms with Gasteiger partial charge in [-0.3, -0.25) is 4.79 Å². The van der Waals surface area contributed by atoms with Crippen molar-refractivity contribution in [2.75, 3.05) is 32.9 Å². The molecule has 1 aromatic carbocycles. The molecule has 7 nitrogen and oxygen atoms in total. The van der Waals surface area contributed by atoms with Crippen LogP contribution in [0.4, 0.5) is 4.39 Å². The Morgan fingerprint density at radius 3 is 2.57 bits per heavy atom. The van der Waals surface area contributed by atoms with Crippen molar-refractivity contribution in [1.29, 1.82) is 0 Å². The summed E-state index contributed by atoms with van der Waals surface area (Å²) in [4.78, 5) is 22.0. The Morgan fingerprint density at radius 1 is 1.30 bits per heavy atom. The lowest BCUT2D eigenvalue weighted by Crippen LogP contribution is -2.41. The molecular weight excluding hydrogens is 329 g/mol. The first-order valence-corrected chi connectivity index (χ1v) is 8.30. The van der Waals surface area contributed by atoms with Gasteiger partial charge in [0.2, 0.25) is 10.0 Å². The summed E-state index contributed by atoms with van der Waals surface area (Å²) in [5.74, 6) is -2.21. The van der Waals surface area contributed by atoms with Gasteiger partial charge >= 0.3 is 5.97 Å². The number of benzene rings is 1. The highest BCUT2D eigenvalue weighted by Crippen LogP contribution is 2.22. The third-order valence-electron chi connectivity index (χ3n) is 3.16. The van der Waals surface area contributed by atoms with E-state index >= 15 is 0 Å². The first-order chi connectivity index (χ1) is 10.8. The number of carbonyl (C=O) groups excluding carboxylic acids is 2. The van der Waals surface area contributed by atoms with E-state index in [0.29, 0.717) is 0 Å². The van der Waals surface area contributed by atoms with Crippen LogP contribution in [0.1, 0.15) is 17.3 Å². The number of morpholine rings is 1. The average Bonchev–Trinajstić information content (AvgIpc) is 2.53. The third kappa shape index (κ3) is 4.12. The van der Waals surface area contributed by atoms with Gasteiger partial charge in [0.25, 0.3) is 0 Å². The quantitative estimate of drug-likeness (QED) is 0.726. The van der Waals surface area contributed by atoms with Gasteiger partial charge in [0, 0.05) is 13.1 Å². The maximum Gasteiger partial charge on any atom is 0.338 e. The van der Waals surface area contributed by atoms with Crippen LogP contribution in [0, 0.1) is 5.82 Å². The van der Waals surface area contributed by atoms with E-state index in [9.17, 15) is 22.4 Å². The van der Waals surface area contributed by atoms with Gasteiger partial charge in [0.1, 0.15) is 17.3 Å². The molecule has 0 atom stereocenters. The van der Waals surface area contributed by atoms with Gasteiger partial charge in [0.05, 0.1) is 18.8 Å². The van der Waals surface area contributed by atoms with Crippen LogP contribution < -0.4 is 0 Å². The van der Waals surface area contributed by atoms with Gasteiger partial charge < -0.3 is 9.47 Å². The molecule has 1 aliphatic rings. The van der Waals surface area contributed by atoms with Crippen LogP contribution in [0.5, 0.6) is 0 Å². The predicted molar refractivity (Wildman–Crippen MR) is 76.9 cm³/mol. The molecule has 126 valence electrons. The second-order valence-corrected chi connectivity index (χ2v) is 6.85. The molecule has 0 radical (unpaired) electrons. The first-order valence-electron chi connectivity index (χ1n) is 6.86. The number of sulfonamides is 1. The molecule has 0 aliphatic carbocycles.